The van der Waals surface area contributed by atoms with E-state index in [0.29, 0.717) is 38.3 Å². The normalized spacial score (nSPS) is 16.7. The van der Waals surface area contributed by atoms with Crippen molar-refractivity contribution in [3.8, 4) is 0 Å². The van der Waals surface area contributed by atoms with Crippen molar-refractivity contribution >= 4 is 24.2 Å². The van der Waals surface area contributed by atoms with E-state index in [2.05, 4.69) is 10.6 Å². The molecule has 0 spiro atoms. The van der Waals surface area contributed by atoms with Gasteiger partial charge in [0.1, 0.15) is 5.82 Å². The summed E-state index contributed by atoms with van der Waals surface area (Å²) in [4.78, 5) is 26.5. The summed E-state index contributed by atoms with van der Waals surface area (Å²) in [5.74, 6) is -0.743. The van der Waals surface area contributed by atoms with Crippen molar-refractivity contribution in [2.75, 3.05) is 46.4 Å². The molecule has 8 heteroatoms. The second kappa shape index (κ2) is 11.8. The molecule has 0 saturated carbocycles. The van der Waals surface area contributed by atoms with Gasteiger partial charge in [-0.3, -0.25) is 9.59 Å². The number of methoxy groups -OCH3 is 1. The van der Waals surface area contributed by atoms with Crippen LogP contribution in [0.2, 0.25) is 0 Å². The standard InChI is InChI=1S/C18H26FN3O3.ClH/c1-25-12-10-20-8-9-21-17(23)15-3-2-11-22(13-15)18(24)14-4-6-16(19)7-5-14;/h4-7,15,20H,2-3,8-13H2,1H3,(H,21,23);1H. The minimum atomic E-state index is -0.369. The fraction of sp³-hybridized carbons (Fsp3) is 0.556. The van der Waals surface area contributed by atoms with Crippen molar-refractivity contribution in [1.29, 1.82) is 0 Å². The zero-order valence-electron chi connectivity index (χ0n) is 15.0. The lowest BCUT2D eigenvalue weighted by Crippen LogP contribution is -2.46. The molecule has 1 aromatic carbocycles. The number of benzene rings is 1. The van der Waals surface area contributed by atoms with Crippen LogP contribution < -0.4 is 10.6 Å². The monoisotopic (exact) mass is 387 g/mol. The SMILES string of the molecule is COCCNCCNC(=O)C1CCCN(C(=O)c2ccc(F)cc2)C1.Cl. The topological polar surface area (TPSA) is 70.7 Å². The summed E-state index contributed by atoms with van der Waals surface area (Å²) in [5, 5.41) is 6.07. The first-order valence-electron chi connectivity index (χ1n) is 8.64. The molecule has 1 unspecified atom stereocenters. The Morgan fingerprint density at radius 3 is 2.65 bits per heavy atom. The Morgan fingerprint density at radius 1 is 1.23 bits per heavy atom. The highest BCUT2D eigenvalue weighted by molar-refractivity contribution is 5.94. The summed E-state index contributed by atoms with van der Waals surface area (Å²) < 4.78 is 17.9. The number of piperidine rings is 1. The molecule has 146 valence electrons. The number of rotatable bonds is 8. The molecule has 0 radical (unpaired) electrons. The zero-order valence-corrected chi connectivity index (χ0v) is 15.8. The molecule has 1 aromatic rings. The third-order valence-corrected chi connectivity index (χ3v) is 4.25. The molecule has 1 aliphatic heterocycles. The maximum absolute atomic E-state index is 13.0. The molecule has 1 aliphatic rings. The molecular weight excluding hydrogens is 361 g/mol. The number of carbonyl (C=O) groups excluding carboxylic acids is 2. The summed E-state index contributed by atoms with van der Waals surface area (Å²) >= 11 is 0. The Kier molecular flexibility index (Phi) is 10.2. The van der Waals surface area contributed by atoms with Gasteiger partial charge in [0.15, 0.2) is 0 Å². The van der Waals surface area contributed by atoms with E-state index in [1.54, 1.807) is 12.0 Å². The molecule has 2 amide bonds. The number of hydrogen-bond donors (Lipinski definition) is 2. The number of nitrogens with one attached hydrogen (secondary N) is 2. The van der Waals surface area contributed by atoms with Gasteiger partial charge in [0, 0.05) is 45.4 Å². The summed E-state index contributed by atoms with van der Waals surface area (Å²) in [6.07, 6.45) is 1.56. The zero-order chi connectivity index (χ0) is 18.1. The van der Waals surface area contributed by atoms with Crippen molar-refractivity contribution < 1.29 is 18.7 Å². The Labute approximate surface area is 159 Å². The first kappa shape index (κ1) is 22.3. The highest BCUT2D eigenvalue weighted by Gasteiger charge is 2.28. The van der Waals surface area contributed by atoms with Crippen LogP contribution in [0, 0.1) is 11.7 Å². The van der Waals surface area contributed by atoms with Crippen LogP contribution in [0.5, 0.6) is 0 Å². The molecule has 0 bridgehead atoms. The minimum absolute atomic E-state index is 0. The molecule has 26 heavy (non-hydrogen) atoms. The van der Waals surface area contributed by atoms with E-state index in [-0.39, 0.29) is 36.0 Å². The van der Waals surface area contributed by atoms with E-state index in [9.17, 15) is 14.0 Å². The quantitative estimate of drug-likeness (QED) is 0.662. The van der Waals surface area contributed by atoms with E-state index in [4.69, 9.17) is 4.74 Å². The van der Waals surface area contributed by atoms with Gasteiger partial charge in [0.25, 0.3) is 5.91 Å². The van der Waals surface area contributed by atoms with Gasteiger partial charge in [-0.1, -0.05) is 0 Å². The largest absolute Gasteiger partial charge is 0.383 e. The number of hydrogen-bond acceptors (Lipinski definition) is 4. The van der Waals surface area contributed by atoms with Crippen LogP contribution in [0.1, 0.15) is 23.2 Å². The van der Waals surface area contributed by atoms with Crippen molar-refractivity contribution in [3.05, 3.63) is 35.6 Å². The Morgan fingerprint density at radius 2 is 1.96 bits per heavy atom. The maximum atomic E-state index is 13.0. The lowest BCUT2D eigenvalue weighted by Gasteiger charge is -2.32. The number of ether oxygens (including phenoxy) is 1. The average molecular weight is 388 g/mol. The molecule has 0 aliphatic carbocycles. The van der Waals surface area contributed by atoms with Crippen LogP contribution in [0.3, 0.4) is 0 Å². The van der Waals surface area contributed by atoms with Crippen molar-refractivity contribution in [3.63, 3.8) is 0 Å². The molecule has 1 saturated heterocycles. The molecule has 1 heterocycles. The first-order valence-corrected chi connectivity index (χ1v) is 8.64. The molecular formula is C18H27ClFN3O3. The van der Waals surface area contributed by atoms with Crippen LogP contribution >= 0.6 is 12.4 Å². The Bertz CT molecular complexity index is 571. The van der Waals surface area contributed by atoms with E-state index >= 15 is 0 Å². The highest BCUT2D eigenvalue weighted by atomic mass is 35.5. The number of amides is 2. The van der Waals surface area contributed by atoms with E-state index in [0.717, 1.165) is 19.4 Å². The van der Waals surface area contributed by atoms with Crippen LogP contribution in [0.15, 0.2) is 24.3 Å². The predicted octanol–water partition coefficient (Wildman–Crippen LogP) is 1.45. The van der Waals surface area contributed by atoms with E-state index in [1.807, 2.05) is 0 Å². The smallest absolute Gasteiger partial charge is 0.253 e. The first-order chi connectivity index (χ1) is 12.1. The van der Waals surface area contributed by atoms with Gasteiger partial charge in [0.2, 0.25) is 5.91 Å². The summed E-state index contributed by atoms with van der Waals surface area (Å²) in [6.45, 7) is 3.63. The summed E-state index contributed by atoms with van der Waals surface area (Å²) in [7, 11) is 1.64. The Balaban J connectivity index is 0.00000338. The van der Waals surface area contributed by atoms with Gasteiger partial charge in [-0.15, -0.1) is 12.4 Å². The number of halogens is 2. The minimum Gasteiger partial charge on any atom is -0.383 e. The Hall–Kier alpha value is -1.70. The lowest BCUT2D eigenvalue weighted by atomic mass is 9.96. The van der Waals surface area contributed by atoms with E-state index in [1.165, 1.54) is 24.3 Å². The molecule has 6 nitrogen and oxygen atoms in total. The molecule has 0 aromatic heterocycles. The van der Waals surface area contributed by atoms with E-state index < -0.39 is 0 Å². The molecule has 2 rings (SSSR count). The number of nitrogens with zero attached hydrogens (tertiary/aromatic N) is 1. The highest BCUT2D eigenvalue weighted by Crippen LogP contribution is 2.19. The third kappa shape index (κ3) is 6.90. The second-order valence-electron chi connectivity index (χ2n) is 6.13. The van der Waals surface area contributed by atoms with Crippen molar-refractivity contribution in [2.45, 2.75) is 12.8 Å². The second-order valence-corrected chi connectivity index (χ2v) is 6.13. The van der Waals surface area contributed by atoms with Gasteiger partial charge in [-0.2, -0.15) is 0 Å². The molecule has 1 atom stereocenters. The number of carbonyl (C=O) groups is 2. The molecule has 1 fully saturated rings. The lowest BCUT2D eigenvalue weighted by molar-refractivity contribution is -0.126. The van der Waals surface area contributed by atoms with Gasteiger partial charge in [-0.25, -0.2) is 4.39 Å². The van der Waals surface area contributed by atoms with Crippen molar-refractivity contribution in [2.24, 2.45) is 5.92 Å². The maximum Gasteiger partial charge on any atom is 0.253 e. The van der Waals surface area contributed by atoms with Crippen LogP contribution in [-0.2, 0) is 9.53 Å². The van der Waals surface area contributed by atoms with Gasteiger partial charge < -0.3 is 20.3 Å². The summed E-state index contributed by atoms with van der Waals surface area (Å²) in [6, 6.07) is 5.51. The van der Waals surface area contributed by atoms with Gasteiger partial charge >= 0.3 is 0 Å². The van der Waals surface area contributed by atoms with Crippen molar-refractivity contribution in [1.82, 2.24) is 15.5 Å². The van der Waals surface area contributed by atoms with Crippen LogP contribution in [0.4, 0.5) is 4.39 Å². The van der Waals surface area contributed by atoms with Gasteiger partial charge in [-0.05, 0) is 37.1 Å². The average Bonchev–Trinajstić information content (AvgIpc) is 2.64. The summed E-state index contributed by atoms with van der Waals surface area (Å²) in [5.41, 5.74) is 0.449. The fourth-order valence-corrected chi connectivity index (χ4v) is 2.87. The van der Waals surface area contributed by atoms with Crippen LogP contribution in [0.25, 0.3) is 0 Å². The van der Waals surface area contributed by atoms with Gasteiger partial charge in [0.05, 0.1) is 12.5 Å². The third-order valence-electron chi connectivity index (χ3n) is 4.25. The fourth-order valence-electron chi connectivity index (χ4n) is 2.87. The predicted molar refractivity (Wildman–Crippen MR) is 100 cm³/mol. The number of likely N-dealkylation sites (tertiary alicyclic amines) is 1. The van der Waals surface area contributed by atoms with Crippen LogP contribution in [-0.4, -0.2) is 63.2 Å². The molecule has 2 N–H and O–H groups in total.